The van der Waals surface area contributed by atoms with Crippen LogP contribution in [-0.4, -0.2) is 41.3 Å². The van der Waals surface area contributed by atoms with E-state index in [0.717, 1.165) is 30.0 Å². The van der Waals surface area contributed by atoms with Crippen LogP contribution in [0.15, 0.2) is 36.5 Å². The van der Waals surface area contributed by atoms with Crippen molar-refractivity contribution in [1.82, 2.24) is 15.1 Å². The van der Waals surface area contributed by atoms with Crippen molar-refractivity contribution in [2.45, 2.75) is 38.5 Å². The first-order valence-corrected chi connectivity index (χ1v) is 8.87. The van der Waals surface area contributed by atoms with E-state index in [4.69, 9.17) is 4.74 Å². The lowest BCUT2D eigenvalue weighted by Gasteiger charge is -2.13. The Hall–Kier alpha value is -1.81. The number of aromatic nitrogens is 2. The maximum absolute atomic E-state index is 5.82. The molecule has 0 bridgehead atoms. The average Bonchev–Trinajstić information content (AvgIpc) is 3.28. The standard InChI is InChI=1S/C19H27N3O/c1(3-13-22-14-4-5-15-22)2-6-16-23-18-9-7-17(8-10-18)19-11-12-20-21-19/h7-12H,1-6,13-16H2,(H,20,21). The fourth-order valence-corrected chi connectivity index (χ4v) is 3.13. The summed E-state index contributed by atoms with van der Waals surface area (Å²) in [7, 11) is 0. The second-order valence-electron chi connectivity index (χ2n) is 6.31. The third-order valence-electron chi connectivity index (χ3n) is 4.50. The van der Waals surface area contributed by atoms with Crippen LogP contribution in [-0.2, 0) is 0 Å². The van der Waals surface area contributed by atoms with Crippen molar-refractivity contribution in [2.75, 3.05) is 26.2 Å². The molecule has 1 aliphatic heterocycles. The van der Waals surface area contributed by atoms with E-state index in [1.165, 1.54) is 51.7 Å². The number of unbranched alkanes of at least 4 members (excludes halogenated alkanes) is 3. The van der Waals surface area contributed by atoms with E-state index >= 15 is 0 Å². The van der Waals surface area contributed by atoms with Crippen molar-refractivity contribution in [3.63, 3.8) is 0 Å². The number of benzene rings is 1. The monoisotopic (exact) mass is 313 g/mol. The Morgan fingerprint density at radius 1 is 0.957 bits per heavy atom. The van der Waals surface area contributed by atoms with Crippen LogP contribution in [0.2, 0.25) is 0 Å². The van der Waals surface area contributed by atoms with Crippen molar-refractivity contribution in [1.29, 1.82) is 0 Å². The summed E-state index contributed by atoms with van der Waals surface area (Å²) in [5.41, 5.74) is 2.17. The summed E-state index contributed by atoms with van der Waals surface area (Å²) in [6.07, 6.45) is 9.61. The Kier molecular flexibility index (Phi) is 6.09. The highest BCUT2D eigenvalue weighted by Crippen LogP contribution is 2.20. The quantitative estimate of drug-likeness (QED) is 0.708. The molecule has 0 amide bonds. The first-order chi connectivity index (χ1) is 11.4. The Bertz CT molecular complexity index is 545. The molecule has 0 atom stereocenters. The van der Waals surface area contributed by atoms with Gasteiger partial charge in [0.2, 0.25) is 0 Å². The summed E-state index contributed by atoms with van der Waals surface area (Å²) in [5, 5.41) is 6.94. The molecule has 4 nitrogen and oxygen atoms in total. The minimum Gasteiger partial charge on any atom is -0.494 e. The minimum absolute atomic E-state index is 0.813. The van der Waals surface area contributed by atoms with Gasteiger partial charge in [-0.15, -0.1) is 0 Å². The maximum atomic E-state index is 5.82. The second-order valence-corrected chi connectivity index (χ2v) is 6.31. The molecule has 0 unspecified atom stereocenters. The molecular weight excluding hydrogens is 286 g/mol. The van der Waals surface area contributed by atoms with Crippen molar-refractivity contribution in [3.8, 4) is 17.0 Å². The van der Waals surface area contributed by atoms with Gasteiger partial charge in [0.05, 0.1) is 12.3 Å². The van der Waals surface area contributed by atoms with Gasteiger partial charge in [-0.25, -0.2) is 0 Å². The zero-order valence-corrected chi connectivity index (χ0v) is 13.8. The van der Waals surface area contributed by atoms with Crippen LogP contribution in [0, 0.1) is 0 Å². The lowest BCUT2D eigenvalue weighted by Crippen LogP contribution is -2.20. The van der Waals surface area contributed by atoms with Crippen LogP contribution in [0.5, 0.6) is 5.75 Å². The molecular formula is C19H27N3O. The number of hydrogen-bond donors (Lipinski definition) is 1. The van der Waals surface area contributed by atoms with Gasteiger partial charge in [-0.05, 0) is 81.2 Å². The van der Waals surface area contributed by atoms with Gasteiger partial charge in [0.15, 0.2) is 0 Å². The fraction of sp³-hybridized carbons (Fsp3) is 0.526. The molecule has 1 aliphatic rings. The predicted molar refractivity (Wildman–Crippen MR) is 93.7 cm³/mol. The number of nitrogens with one attached hydrogen (secondary N) is 1. The summed E-state index contributed by atoms with van der Waals surface area (Å²) in [6.45, 7) is 4.73. The largest absolute Gasteiger partial charge is 0.494 e. The van der Waals surface area contributed by atoms with E-state index in [9.17, 15) is 0 Å². The molecule has 124 valence electrons. The van der Waals surface area contributed by atoms with Gasteiger partial charge < -0.3 is 9.64 Å². The molecule has 0 radical (unpaired) electrons. The third-order valence-corrected chi connectivity index (χ3v) is 4.50. The summed E-state index contributed by atoms with van der Waals surface area (Å²) in [4.78, 5) is 2.59. The van der Waals surface area contributed by atoms with Crippen molar-refractivity contribution < 1.29 is 4.74 Å². The summed E-state index contributed by atoms with van der Waals surface area (Å²) in [5.74, 6) is 0.949. The number of H-pyrrole nitrogens is 1. The van der Waals surface area contributed by atoms with E-state index in [1.54, 1.807) is 6.20 Å². The number of rotatable bonds is 9. The highest BCUT2D eigenvalue weighted by atomic mass is 16.5. The van der Waals surface area contributed by atoms with Crippen LogP contribution in [0.4, 0.5) is 0 Å². The molecule has 3 rings (SSSR count). The highest BCUT2D eigenvalue weighted by Gasteiger charge is 2.09. The van der Waals surface area contributed by atoms with Crippen molar-refractivity contribution in [3.05, 3.63) is 36.5 Å². The Labute approximate surface area is 138 Å². The second kappa shape index (κ2) is 8.73. The number of likely N-dealkylation sites (tertiary alicyclic amines) is 1. The van der Waals surface area contributed by atoms with Crippen molar-refractivity contribution >= 4 is 0 Å². The van der Waals surface area contributed by atoms with E-state index < -0.39 is 0 Å². The van der Waals surface area contributed by atoms with E-state index in [1.807, 2.05) is 18.2 Å². The summed E-state index contributed by atoms with van der Waals surface area (Å²) < 4.78 is 5.82. The van der Waals surface area contributed by atoms with Gasteiger partial charge in [-0.3, -0.25) is 5.10 Å². The van der Waals surface area contributed by atoms with E-state index in [-0.39, 0.29) is 0 Å². The molecule has 0 aliphatic carbocycles. The highest BCUT2D eigenvalue weighted by molar-refractivity contribution is 5.59. The van der Waals surface area contributed by atoms with Crippen LogP contribution in [0.3, 0.4) is 0 Å². The van der Waals surface area contributed by atoms with E-state index in [2.05, 4.69) is 27.2 Å². The van der Waals surface area contributed by atoms with Gasteiger partial charge in [0.25, 0.3) is 0 Å². The van der Waals surface area contributed by atoms with Gasteiger partial charge in [0.1, 0.15) is 5.75 Å². The van der Waals surface area contributed by atoms with Crippen LogP contribution < -0.4 is 4.74 Å². The smallest absolute Gasteiger partial charge is 0.119 e. The fourth-order valence-electron chi connectivity index (χ4n) is 3.13. The molecule has 1 aromatic heterocycles. The predicted octanol–water partition coefficient (Wildman–Crippen LogP) is 4.11. The van der Waals surface area contributed by atoms with Crippen LogP contribution in [0.1, 0.15) is 38.5 Å². The maximum Gasteiger partial charge on any atom is 0.119 e. The molecule has 1 fully saturated rings. The van der Waals surface area contributed by atoms with E-state index in [0.29, 0.717) is 0 Å². The van der Waals surface area contributed by atoms with Gasteiger partial charge in [-0.2, -0.15) is 5.10 Å². The summed E-state index contributed by atoms with van der Waals surface area (Å²) >= 11 is 0. The topological polar surface area (TPSA) is 41.1 Å². The zero-order chi connectivity index (χ0) is 15.7. The average molecular weight is 313 g/mol. The van der Waals surface area contributed by atoms with Crippen LogP contribution >= 0.6 is 0 Å². The normalized spacial score (nSPS) is 15.1. The Morgan fingerprint density at radius 2 is 1.74 bits per heavy atom. The molecule has 1 N–H and O–H groups in total. The first kappa shape index (κ1) is 16.1. The molecule has 0 spiro atoms. The lowest BCUT2D eigenvalue weighted by molar-refractivity contribution is 0.297. The number of ether oxygens (including phenoxy) is 1. The third kappa shape index (κ3) is 5.10. The zero-order valence-electron chi connectivity index (χ0n) is 13.8. The summed E-state index contributed by atoms with van der Waals surface area (Å²) in [6, 6.07) is 10.2. The molecule has 1 saturated heterocycles. The number of hydrogen-bond acceptors (Lipinski definition) is 3. The van der Waals surface area contributed by atoms with Gasteiger partial charge >= 0.3 is 0 Å². The van der Waals surface area contributed by atoms with Crippen molar-refractivity contribution in [2.24, 2.45) is 0 Å². The number of nitrogens with zero attached hydrogens (tertiary/aromatic N) is 2. The Balaban J connectivity index is 1.27. The molecule has 0 saturated carbocycles. The SMILES string of the molecule is c1cc(-c2ccc(OCCCCCCN3CCCC3)cc2)[nH]n1. The van der Waals surface area contributed by atoms with Crippen LogP contribution in [0.25, 0.3) is 11.3 Å². The molecule has 4 heteroatoms. The molecule has 1 aromatic carbocycles. The first-order valence-electron chi connectivity index (χ1n) is 8.87. The lowest BCUT2D eigenvalue weighted by atomic mass is 10.1. The number of aromatic amines is 1. The Morgan fingerprint density at radius 3 is 2.48 bits per heavy atom. The van der Waals surface area contributed by atoms with Gasteiger partial charge in [0, 0.05) is 6.20 Å². The molecule has 2 aromatic rings. The molecule has 23 heavy (non-hydrogen) atoms. The minimum atomic E-state index is 0.813. The molecule has 2 heterocycles. The van der Waals surface area contributed by atoms with Gasteiger partial charge in [-0.1, -0.05) is 12.8 Å².